The van der Waals surface area contributed by atoms with Gasteiger partial charge < -0.3 is 15.4 Å². The van der Waals surface area contributed by atoms with Crippen molar-refractivity contribution in [2.45, 2.75) is 32.2 Å². The molecule has 0 aromatic heterocycles. The Kier molecular flexibility index (Phi) is 3.22. The van der Waals surface area contributed by atoms with Gasteiger partial charge in [0.1, 0.15) is 0 Å². The summed E-state index contributed by atoms with van der Waals surface area (Å²) in [5, 5.41) is 0. The molecular formula is C12H22N2O2. The molecule has 1 heterocycles. The lowest BCUT2D eigenvalue weighted by atomic mass is 9.63. The highest BCUT2D eigenvalue weighted by molar-refractivity contribution is 5.81. The van der Waals surface area contributed by atoms with Crippen LogP contribution < -0.4 is 5.73 Å². The summed E-state index contributed by atoms with van der Waals surface area (Å²) < 4.78 is 5.28. The van der Waals surface area contributed by atoms with E-state index in [1.807, 2.05) is 4.90 Å². The van der Waals surface area contributed by atoms with Crippen LogP contribution >= 0.6 is 0 Å². The van der Waals surface area contributed by atoms with E-state index in [2.05, 4.69) is 0 Å². The van der Waals surface area contributed by atoms with Crippen molar-refractivity contribution in [2.75, 3.05) is 26.8 Å². The third-order valence-corrected chi connectivity index (χ3v) is 4.23. The lowest BCUT2D eigenvalue weighted by molar-refractivity contribution is -0.131. The van der Waals surface area contributed by atoms with E-state index in [4.69, 9.17) is 10.5 Å². The van der Waals surface area contributed by atoms with Crippen LogP contribution in [-0.4, -0.2) is 43.7 Å². The molecule has 4 nitrogen and oxygen atoms in total. The van der Waals surface area contributed by atoms with Gasteiger partial charge in [-0.15, -0.1) is 0 Å². The summed E-state index contributed by atoms with van der Waals surface area (Å²) in [5.41, 5.74) is 6.01. The zero-order chi connectivity index (χ0) is 11.8. The topological polar surface area (TPSA) is 55.6 Å². The highest BCUT2D eigenvalue weighted by atomic mass is 16.5. The first-order valence-electron chi connectivity index (χ1n) is 6.12. The standard InChI is InChI=1S/C12H22N2O2/c1-9(13)11(15)14-6-10(7-16-2)12(8-14)4-3-5-12/h9-10H,3-8,13H2,1-2H3. The predicted octanol–water partition coefficient (Wildman–Crippen LogP) is 0.609. The first kappa shape index (κ1) is 11.9. The molecule has 1 spiro atoms. The van der Waals surface area contributed by atoms with Crippen molar-refractivity contribution in [3.05, 3.63) is 0 Å². The van der Waals surface area contributed by atoms with Gasteiger partial charge in [-0.3, -0.25) is 4.79 Å². The Bertz CT molecular complexity index is 274. The van der Waals surface area contributed by atoms with E-state index in [1.165, 1.54) is 19.3 Å². The third-order valence-electron chi connectivity index (χ3n) is 4.23. The van der Waals surface area contributed by atoms with Crippen molar-refractivity contribution in [3.8, 4) is 0 Å². The fourth-order valence-electron chi connectivity index (χ4n) is 3.12. The van der Waals surface area contributed by atoms with Crippen molar-refractivity contribution < 1.29 is 9.53 Å². The predicted molar refractivity (Wildman–Crippen MR) is 61.9 cm³/mol. The number of ether oxygens (including phenoxy) is 1. The van der Waals surface area contributed by atoms with Crippen LogP contribution in [0.15, 0.2) is 0 Å². The van der Waals surface area contributed by atoms with Gasteiger partial charge in [-0.05, 0) is 25.2 Å². The minimum Gasteiger partial charge on any atom is -0.384 e. The van der Waals surface area contributed by atoms with Crippen LogP contribution in [0.4, 0.5) is 0 Å². The number of hydrogen-bond donors (Lipinski definition) is 1. The molecule has 2 N–H and O–H groups in total. The molecule has 2 aliphatic rings. The van der Waals surface area contributed by atoms with Gasteiger partial charge in [-0.1, -0.05) is 6.42 Å². The van der Waals surface area contributed by atoms with Gasteiger partial charge >= 0.3 is 0 Å². The van der Waals surface area contributed by atoms with Gasteiger partial charge in [-0.25, -0.2) is 0 Å². The molecule has 0 radical (unpaired) electrons. The Balaban J connectivity index is 2.03. The van der Waals surface area contributed by atoms with E-state index >= 15 is 0 Å². The molecule has 2 rings (SSSR count). The minimum absolute atomic E-state index is 0.0879. The van der Waals surface area contributed by atoms with Gasteiger partial charge in [0.25, 0.3) is 0 Å². The zero-order valence-corrected chi connectivity index (χ0v) is 10.2. The molecule has 0 bridgehead atoms. The van der Waals surface area contributed by atoms with E-state index in [0.717, 1.165) is 19.7 Å². The number of hydrogen-bond acceptors (Lipinski definition) is 3. The van der Waals surface area contributed by atoms with Crippen LogP contribution in [-0.2, 0) is 9.53 Å². The Morgan fingerprint density at radius 1 is 1.62 bits per heavy atom. The van der Waals surface area contributed by atoms with Gasteiger partial charge in [-0.2, -0.15) is 0 Å². The second-order valence-electron chi connectivity index (χ2n) is 5.38. The van der Waals surface area contributed by atoms with Crippen molar-refractivity contribution >= 4 is 5.91 Å². The van der Waals surface area contributed by atoms with Crippen LogP contribution in [0.3, 0.4) is 0 Å². The summed E-state index contributed by atoms with van der Waals surface area (Å²) in [6.07, 6.45) is 3.77. The Morgan fingerprint density at radius 3 is 2.75 bits per heavy atom. The van der Waals surface area contributed by atoms with Crippen LogP contribution in [0.1, 0.15) is 26.2 Å². The largest absolute Gasteiger partial charge is 0.384 e. The molecule has 1 amide bonds. The molecule has 1 aliphatic carbocycles. The zero-order valence-electron chi connectivity index (χ0n) is 10.2. The summed E-state index contributed by atoms with van der Waals surface area (Å²) in [4.78, 5) is 13.8. The average Bonchev–Trinajstić information content (AvgIpc) is 2.56. The van der Waals surface area contributed by atoms with Crippen LogP contribution in [0.2, 0.25) is 0 Å². The first-order valence-corrected chi connectivity index (χ1v) is 6.12. The Morgan fingerprint density at radius 2 is 2.31 bits per heavy atom. The SMILES string of the molecule is COCC1CN(C(=O)C(C)N)CC12CCC2. The van der Waals surface area contributed by atoms with E-state index < -0.39 is 0 Å². The van der Waals surface area contributed by atoms with Gasteiger partial charge in [0.15, 0.2) is 0 Å². The van der Waals surface area contributed by atoms with Crippen molar-refractivity contribution in [1.29, 1.82) is 0 Å². The average molecular weight is 226 g/mol. The number of nitrogens with two attached hydrogens (primary N) is 1. The molecule has 4 heteroatoms. The number of methoxy groups -OCH3 is 1. The van der Waals surface area contributed by atoms with Crippen LogP contribution in [0.25, 0.3) is 0 Å². The molecule has 1 saturated heterocycles. The van der Waals surface area contributed by atoms with E-state index in [9.17, 15) is 4.79 Å². The number of carbonyl (C=O) groups excluding carboxylic acids is 1. The van der Waals surface area contributed by atoms with Crippen LogP contribution in [0.5, 0.6) is 0 Å². The maximum absolute atomic E-state index is 11.9. The number of rotatable bonds is 3. The maximum Gasteiger partial charge on any atom is 0.239 e. The fraction of sp³-hybridized carbons (Fsp3) is 0.917. The lowest BCUT2D eigenvalue weighted by Gasteiger charge is -2.42. The molecule has 0 aromatic carbocycles. The summed E-state index contributed by atoms with van der Waals surface area (Å²) >= 11 is 0. The molecule has 92 valence electrons. The molecule has 16 heavy (non-hydrogen) atoms. The highest BCUT2D eigenvalue weighted by Gasteiger charge is 2.51. The molecule has 2 unspecified atom stereocenters. The van der Waals surface area contributed by atoms with Gasteiger partial charge in [0.2, 0.25) is 5.91 Å². The monoisotopic (exact) mass is 226 g/mol. The lowest BCUT2D eigenvalue weighted by Crippen LogP contribution is -2.43. The van der Waals surface area contributed by atoms with Gasteiger partial charge in [0.05, 0.1) is 12.6 Å². The van der Waals surface area contributed by atoms with Gasteiger partial charge in [0, 0.05) is 26.1 Å². The Labute approximate surface area is 97.1 Å². The summed E-state index contributed by atoms with van der Waals surface area (Å²) in [5.74, 6) is 0.596. The van der Waals surface area contributed by atoms with E-state index in [1.54, 1.807) is 14.0 Å². The number of amides is 1. The molecule has 2 atom stereocenters. The van der Waals surface area contributed by atoms with Crippen molar-refractivity contribution in [3.63, 3.8) is 0 Å². The fourth-order valence-corrected chi connectivity index (χ4v) is 3.12. The Hall–Kier alpha value is -0.610. The highest BCUT2D eigenvalue weighted by Crippen LogP contribution is 2.51. The summed E-state index contributed by atoms with van der Waals surface area (Å²) in [6, 6.07) is -0.376. The molecule has 0 aromatic rings. The third kappa shape index (κ3) is 1.84. The maximum atomic E-state index is 11.9. The molecule has 1 aliphatic heterocycles. The first-order chi connectivity index (χ1) is 7.59. The van der Waals surface area contributed by atoms with Crippen LogP contribution in [0, 0.1) is 11.3 Å². The van der Waals surface area contributed by atoms with Crippen molar-refractivity contribution in [1.82, 2.24) is 4.90 Å². The number of nitrogens with zero attached hydrogens (tertiary/aromatic N) is 1. The van der Waals surface area contributed by atoms with Crippen molar-refractivity contribution in [2.24, 2.45) is 17.1 Å². The normalized spacial score (nSPS) is 29.2. The number of likely N-dealkylation sites (tertiary alicyclic amines) is 1. The number of carbonyl (C=O) groups is 1. The second kappa shape index (κ2) is 4.34. The molecular weight excluding hydrogens is 204 g/mol. The molecule has 2 fully saturated rings. The summed E-state index contributed by atoms with van der Waals surface area (Å²) in [7, 11) is 1.74. The second-order valence-corrected chi connectivity index (χ2v) is 5.38. The van der Waals surface area contributed by atoms with E-state index in [-0.39, 0.29) is 11.9 Å². The smallest absolute Gasteiger partial charge is 0.239 e. The minimum atomic E-state index is -0.376. The van der Waals surface area contributed by atoms with E-state index in [0.29, 0.717) is 11.3 Å². The summed E-state index contributed by atoms with van der Waals surface area (Å²) in [6.45, 7) is 4.25. The molecule has 1 saturated carbocycles. The quantitative estimate of drug-likeness (QED) is 0.767.